The zero-order valence-electron chi connectivity index (χ0n) is 11.2. The maximum Gasteiger partial charge on any atom is 0.219 e. The van der Waals surface area contributed by atoms with E-state index in [9.17, 15) is 4.79 Å². The number of likely N-dealkylation sites (N-methyl/N-ethyl adjacent to an activating group) is 1. The van der Waals surface area contributed by atoms with Crippen molar-refractivity contribution in [3.63, 3.8) is 0 Å². The smallest absolute Gasteiger partial charge is 0.219 e. The molecule has 0 radical (unpaired) electrons. The number of carbonyl (C=O) groups is 1. The number of hydrogen-bond acceptors (Lipinski definition) is 2. The van der Waals surface area contributed by atoms with Crippen molar-refractivity contribution in [2.75, 3.05) is 19.6 Å². The maximum absolute atomic E-state index is 11.4. The number of likely N-dealkylation sites (tertiary alicyclic amines) is 1. The van der Waals surface area contributed by atoms with Crippen LogP contribution in [0.5, 0.6) is 0 Å². The van der Waals surface area contributed by atoms with E-state index in [1.54, 1.807) is 6.92 Å². The fourth-order valence-corrected chi connectivity index (χ4v) is 2.63. The number of rotatable bonds is 4. The lowest BCUT2D eigenvalue weighted by atomic mass is 10.00. The van der Waals surface area contributed by atoms with Crippen LogP contribution < -0.4 is 0 Å². The fourth-order valence-electron chi connectivity index (χ4n) is 2.63. The summed E-state index contributed by atoms with van der Waals surface area (Å²) in [5.74, 6) is 0.205. The van der Waals surface area contributed by atoms with E-state index in [0.29, 0.717) is 12.1 Å². The van der Waals surface area contributed by atoms with Gasteiger partial charge >= 0.3 is 0 Å². The number of hydrogen-bond donors (Lipinski definition) is 0. The Hall–Kier alpha value is -0.570. The quantitative estimate of drug-likeness (QED) is 0.733. The van der Waals surface area contributed by atoms with Crippen LogP contribution in [0.25, 0.3) is 0 Å². The van der Waals surface area contributed by atoms with E-state index < -0.39 is 0 Å². The summed E-state index contributed by atoms with van der Waals surface area (Å²) >= 11 is 0. The van der Waals surface area contributed by atoms with Gasteiger partial charge in [-0.05, 0) is 40.2 Å². The molecule has 16 heavy (non-hydrogen) atoms. The lowest BCUT2D eigenvalue weighted by molar-refractivity contribution is -0.129. The van der Waals surface area contributed by atoms with Crippen LogP contribution >= 0.6 is 0 Å². The molecule has 1 aliphatic rings. The van der Waals surface area contributed by atoms with Crippen LogP contribution in [0, 0.1) is 0 Å². The first-order valence-electron chi connectivity index (χ1n) is 6.57. The van der Waals surface area contributed by atoms with Crippen molar-refractivity contribution in [3.8, 4) is 0 Å². The van der Waals surface area contributed by atoms with Crippen LogP contribution in [0.15, 0.2) is 0 Å². The Labute approximate surface area is 99.8 Å². The van der Waals surface area contributed by atoms with Crippen molar-refractivity contribution in [1.82, 2.24) is 9.80 Å². The van der Waals surface area contributed by atoms with Gasteiger partial charge in [0.05, 0.1) is 0 Å². The molecule has 94 valence electrons. The molecular formula is C13H26N2O. The Morgan fingerprint density at radius 1 is 1.44 bits per heavy atom. The summed E-state index contributed by atoms with van der Waals surface area (Å²) < 4.78 is 0. The van der Waals surface area contributed by atoms with Crippen LogP contribution in [0.2, 0.25) is 0 Å². The minimum absolute atomic E-state index is 0.205. The third-order valence-electron chi connectivity index (χ3n) is 3.59. The average molecular weight is 226 g/mol. The fraction of sp³-hybridized carbons (Fsp3) is 0.923. The maximum atomic E-state index is 11.4. The Balaban J connectivity index is 2.58. The zero-order chi connectivity index (χ0) is 12.1. The van der Waals surface area contributed by atoms with E-state index in [0.717, 1.165) is 13.1 Å². The Bertz CT molecular complexity index is 228. The molecule has 3 nitrogen and oxygen atoms in total. The van der Waals surface area contributed by atoms with Gasteiger partial charge < -0.3 is 4.90 Å². The number of amides is 1. The largest absolute Gasteiger partial charge is 0.342 e. The van der Waals surface area contributed by atoms with E-state index in [-0.39, 0.29) is 5.91 Å². The molecule has 3 heteroatoms. The molecule has 0 aromatic rings. The highest BCUT2D eigenvalue weighted by Gasteiger charge is 2.26. The second-order valence-electron chi connectivity index (χ2n) is 5.04. The van der Waals surface area contributed by atoms with Crippen LogP contribution in [0.3, 0.4) is 0 Å². The number of nitrogens with zero attached hydrogens (tertiary/aromatic N) is 2. The third kappa shape index (κ3) is 3.48. The predicted octanol–water partition coefficient (Wildman–Crippen LogP) is 2.12. The van der Waals surface area contributed by atoms with E-state index in [2.05, 4.69) is 25.7 Å². The molecule has 1 fully saturated rings. The Morgan fingerprint density at radius 2 is 2.12 bits per heavy atom. The summed E-state index contributed by atoms with van der Waals surface area (Å²) in [7, 11) is 0. The first-order valence-corrected chi connectivity index (χ1v) is 6.57. The van der Waals surface area contributed by atoms with Crippen molar-refractivity contribution >= 4 is 5.91 Å². The van der Waals surface area contributed by atoms with Crippen LogP contribution in [-0.4, -0.2) is 47.4 Å². The van der Waals surface area contributed by atoms with Crippen molar-refractivity contribution in [2.24, 2.45) is 0 Å². The molecule has 0 spiro atoms. The molecular weight excluding hydrogens is 200 g/mol. The van der Waals surface area contributed by atoms with Gasteiger partial charge in [-0.1, -0.05) is 6.42 Å². The summed E-state index contributed by atoms with van der Waals surface area (Å²) in [5, 5.41) is 0. The molecule has 1 aliphatic heterocycles. The molecule has 1 saturated heterocycles. The molecule has 0 saturated carbocycles. The highest BCUT2D eigenvalue weighted by atomic mass is 16.2. The molecule has 1 amide bonds. The molecule has 1 heterocycles. The highest BCUT2D eigenvalue weighted by Crippen LogP contribution is 2.20. The highest BCUT2D eigenvalue weighted by molar-refractivity contribution is 5.73. The zero-order valence-corrected chi connectivity index (χ0v) is 11.2. The minimum atomic E-state index is 0.205. The number of piperidine rings is 1. The SMILES string of the molecule is CCN(CC1CCCCN1C(C)C)C(C)=O. The Kier molecular flexibility index (Phi) is 5.26. The van der Waals surface area contributed by atoms with Gasteiger partial charge in [0.15, 0.2) is 0 Å². The van der Waals surface area contributed by atoms with Gasteiger partial charge in [0.1, 0.15) is 0 Å². The van der Waals surface area contributed by atoms with E-state index in [1.807, 2.05) is 4.90 Å². The molecule has 0 aromatic carbocycles. The molecule has 0 bridgehead atoms. The van der Waals surface area contributed by atoms with Crippen LogP contribution in [-0.2, 0) is 4.79 Å². The molecule has 0 N–H and O–H groups in total. The topological polar surface area (TPSA) is 23.6 Å². The van der Waals surface area contributed by atoms with Gasteiger partial charge in [0.25, 0.3) is 0 Å². The van der Waals surface area contributed by atoms with Crippen molar-refractivity contribution in [1.29, 1.82) is 0 Å². The first-order chi connectivity index (χ1) is 7.56. The van der Waals surface area contributed by atoms with E-state index >= 15 is 0 Å². The van der Waals surface area contributed by atoms with Gasteiger partial charge in [-0.2, -0.15) is 0 Å². The monoisotopic (exact) mass is 226 g/mol. The van der Waals surface area contributed by atoms with Crippen LogP contribution in [0.1, 0.15) is 47.0 Å². The van der Waals surface area contributed by atoms with Gasteiger partial charge in [-0.15, -0.1) is 0 Å². The van der Waals surface area contributed by atoms with E-state index in [4.69, 9.17) is 0 Å². The number of carbonyl (C=O) groups excluding carboxylic acids is 1. The normalized spacial score (nSPS) is 22.4. The molecule has 0 aromatic heterocycles. The van der Waals surface area contributed by atoms with E-state index in [1.165, 1.54) is 25.8 Å². The summed E-state index contributed by atoms with van der Waals surface area (Å²) in [6.45, 7) is 11.2. The lowest BCUT2D eigenvalue weighted by Gasteiger charge is -2.40. The van der Waals surface area contributed by atoms with Gasteiger partial charge in [-0.25, -0.2) is 0 Å². The van der Waals surface area contributed by atoms with Crippen LogP contribution in [0.4, 0.5) is 0 Å². The molecule has 1 atom stereocenters. The third-order valence-corrected chi connectivity index (χ3v) is 3.59. The summed E-state index contributed by atoms with van der Waals surface area (Å²) in [4.78, 5) is 15.9. The lowest BCUT2D eigenvalue weighted by Crippen LogP contribution is -2.50. The molecule has 1 rings (SSSR count). The average Bonchev–Trinajstić information content (AvgIpc) is 2.25. The van der Waals surface area contributed by atoms with Gasteiger partial charge in [-0.3, -0.25) is 9.69 Å². The van der Waals surface area contributed by atoms with Gasteiger partial charge in [0, 0.05) is 32.1 Å². The summed E-state index contributed by atoms with van der Waals surface area (Å²) in [5.41, 5.74) is 0. The van der Waals surface area contributed by atoms with Crippen molar-refractivity contribution in [2.45, 2.75) is 59.0 Å². The second-order valence-corrected chi connectivity index (χ2v) is 5.04. The Morgan fingerprint density at radius 3 is 2.62 bits per heavy atom. The first kappa shape index (κ1) is 13.5. The van der Waals surface area contributed by atoms with Crippen molar-refractivity contribution in [3.05, 3.63) is 0 Å². The molecule has 0 aliphatic carbocycles. The molecule has 1 unspecified atom stereocenters. The summed E-state index contributed by atoms with van der Waals surface area (Å²) in [6, 6.07) is 1.16. The predicted molar refractivity (Wildman–Crippen MR) is 67.4 cm³/mol. The van der Waals surface area contributed by atoms with Crippen molar-refractivity contribution < 1.29 is 4.79 Å². The minimum Gasteiger partial charge on any atom is -0.342 e. The van der Waals surface area contributed by atoms with Gasteiger partial charge in [0.2, 0.25) is 5.91 Å². The second kappa shape index (κ2) is 6.24. The summed E-state index contributed by atoms with van der Waals surface area (Å²) in [6.07, 6.45) is 3.85. The standard InChI is InChI=1S/C13H26N2O/c1-5-14(12(4)16)10-13-8-6-7-9-15(13)11(2)3/h11,13H,5-10H2,1-4H3.